The number of aromatic nitrogens is 2. The molecule has 128 valence electrons. The third kappa shape index (κ3) is 3.70. The van der Waals surface area contributed by atoms with Crippen LogP contribution >= 0.6 is 11.6 Å². The minimum Gasteiger partial charge on any atom is -0.306 e. The SMILES string of the molecule is Cc1ccc(C)c(N(C(=O)/C=C/c2c(C)nn(C)c2Cl)C(C)C)c1. The number of aryl methyl sites for hydroxylation is 4. The minimum absolute atomic E-state index is 0.0492. The molecule has 0 saturated heterocycles. The van der Waals surface area contributed by atoms with Crippen LogP contribution in [0.25, 0.3) is 6.08 Å². The first-order valence-electron chi connectivity index (χ1n) is 8.00. The maximum absolute atomic E-state index is 12.8. The van der Waals surface area contributed by atoms with Gasteiger partial charge >= 0.3 is 0 Å². The summed E-state index contributed by atoms with van der Waals surface area (Å²) in [6.45, 7) is 9.94. The minimum atomic E-state index is -0.0713. The molecule has 0 saturated carbocycles. The third-order valence-corrected chi connectivity index (χ3v) is 4.41. The normalized spacial score (nSPS) is 11.5. The van der Waals surface area contributed by atoms with Gasteiger partial charge in [-0.25, -0.2) is 0 Å². The molecule has 5 heteroatoms. The van der Waals surface area contributed by atoms with Gasteiger partial charge in [0.2, 0.25) is 0 Å². The van der Waals surface area contributed by atoms with E-state index in [0.29, 0.717) is 5.15 Å². The van der Waals surface area contributed by atoms with Crippen molar-refractivity contribution in [2.45, 2.75) is 40.7 Å². The number of amides is 1. The first kappa shape index (κ1) is 18.3. The molecule has 4 nitrogen and oxygen atoms in total. The molecule has 0 aliphatic rings. The molecule has 0 unspecified atom stereocenters. The van der Waals surface area contributed by atoms with E-state index in [1.165, 1.54) is 0 Å². The van der Waals surface area contributed by atoms with Gasteiger partial charge in [-0.15, -0.1) is 0 Å². The van der Waals surface area contributed by atoms with Crippen molar-refractivity contribution < 1.29 is 4.79 Å². The van der Waals surface area contributed by atoms with Gasteiger partial charge in [-0.1, -0.05) is 23.7 Å². The summed E-state index contributed by atoms with van der Waals surface area (Å²) in [6, 6.07) is 6.19. The van der Waals surface area contributed by atoms with E-state index in [0.717, 1.165) is 28.1 Å². The summed E-state index contributed by atoms with van der Waals surface area (Å²) in [5.74, 6) is -0.0713. The average molecular weight is 346 g/mol. The lowest BCUT2D eigenvalue weighted by Crippen LogP contribution is -2.36. The van der Waals surface area contributed by atoms with Gasteiger partial charge < -0.3 is 4.90 Å². The highest BCUT2D eigenvalue weighted by molar-refractivity contribution is 6.31. The molecule has 0 N–H and O–H groups in total. The number of anilines is 1. The van der Waals surface area contributed by atoms with Gasteiger partial charge in [-0.2, -0.15) is 5.10 Å². The number of hydrogen-bond acceptors (Lipinski definition) is 2. The van der Waals surface area contributed by atoms with Crippen LogP contribution in [0.15, 0.2) is 24.3 Å². The van der Waals surface area contributed by atoms with Gasteiger partial charge in [0.25, 0.3) is 5.91 Å². The zero-order valence-electron chi connectivity index (χ0n) is 15.1. The van der Waals surface area contributed by atoms with E-state index in [4.69, 9.17) is 11.6 Å². The van der Waals surface area contributed by atoms with Crippen LogP contribution in [0.3, 0.4) is 0 Å². The van der Waals surface area contributed by atoms with E-state index in [1.807, 2.05) is 46.8 Å². The predicted octanol–water partition coefficient (Wildman–Crippen LogP) is 4.45. The zero-order chi connectivity index (χ0) is 18.0. The first-order valence-corrected chi connectivity index (χ1v) is 8.37. The highest BCUT2D eigenvalue weighted by Crippen LogP contribution is 2.25. The second kappa shape index (κ2) is 7.22. The Morgan fingerprint density at radius 3 is 2.50 bits per heavy atom. The van der Waals surface area contributed by atoms with Gasteiger partial charge in [0.15, 0.2) is 0 Å². The summed E-state index contributed by atoms with van der Waals surface area (Å²) in [7, 11) is 1.78. The van der Waals surface area contributed by atoms with Gasteiger partial charge in [0, 0.05) is 30.4 Å². The maximum Gasteiger partial charge on any atom is 0.251 e. The fourth-order valence-electron chi connectivity index (χ4n) is 2.70. The van der Waals surface area contributed by atoms with Crippen LogP contribution in [0, 0.1) is 20.8 Å². The van der Waals surface area contributed by atoms with Crippen LogP contribution in [0.2, 0.25) is 5.15 Å². The summed E-state index contributed by atoms with van der Waals surface area (Å²) in [4.78, 5) is 14.6. The van der Waals surface area contributed by atoms with Crippen molar-refractivity contribution >= 4 is 29.3 Å². The van der Waals surface area contributed by atoms with E-state index < -0.39 is 0 Å². The third-order valence-electron chi connectivity index (χ3n) is 3.97. The zero-order valence-corrected chi connectivity index (χ0v) is 15.8. The molecule has 1 aromatic heterocycles. The Hall–Kier alpha value is -2.07. The molecule has 0 bridgehead atoms. The van der Waals surface area contributed by atoms with E-state index >= 15 is 0 Å². The summed E-state index contributed by atoms with van der Waals surface area (Å²) >= 11 is 6.23. The van der Waals surface area contributed by atoms with E-state index in [9.17, 15) is 4.79 Å². The molecular weight excluding hydrogens is 322 g/mol. The second-order valence-electron chi connectivity index (χ2n) is 6.34. The van der Waals surface area contributed by atoms with Crippen molar-refractivity contribution in [2.75, 3.05) is 4.90 Å². The van der Waals surface area contributed by atoms with Crippen LogP contribution in [0.4, 0.5) is 5.69 Å². The molecule has 0 atom stereocenters. The Balaban J connectivity index is 2.37. The summed E-state index contributed by atoms with van der Waals surface area (Å²) in [5.41, 5.74) is 4.72. The fourth-order valence-corrected chi connectivity index (χ4v) is 2.94. The monoisotopic (exact) mass is 345 g/mol. The van der Waals surface area contributed by atoms with Crippen LogP contribution in [-0.2, 0) is 11.8 Å². The first-order chi connectivity index (χ1) is 11.2. The molecule has 0 radical (unpaired) electrons. The standard InChI is InChI=1S/C19H24ClN3O/c1-12(2)23(17-11-13(3)7-8-14(17)4)18(24)10-9-16-15(5)21-22(6)19(16)20/h7-12H,1-6H3/b10-9+. The number of nitrogens with zero attached hydrogens (tertiary/aromatic N) is 3. The van der Waals surface area contributed by atoms with E-state index in [1.54, 1.807) is 28.8 Å². The lowest BCUT2D eigenvalue weighted by Gasteiger charge is -2.27. The molecule has 2 aromatic rings. The van der Waals surface area contributed by atoms with Gasteiger partial charge in [-0.05, 0) is 57.9 Å². The number of hydrogen-bond donors (Lipinski definition) is 0. The molecule has 0 spiro atoms. The van der Waals surface area contributed by atoms with Crippen molar-refractivity contribution in [2.24, 2.45) is 7.05 Å². The molecule has 0 aliphatic heterocycles. The van der Waals surface area contributed by atoms with Crippen molar-refractivity contribution in [1.29, 1.82) is 0 Å². The lowest BCUT2D eigenvalue weighted by molar-refractivity contribution is -0.114. The van der Waals surface area contributed by atoms with Gasteiger partial charge in [0.05, 0.1) is 5.69 Å². The van der Waals surface area contributed by atoms with Crippen molar-refractivity contribution in [3.63, 3.8) is 0 Å². The largest absolute Gasteiger partial charge is 0.306 e. The number of halogens is 1. The topological polar surface area (TPSA) is 38.1 Å². The average Bonchev–Trinajstić information content (AvgIpc) is 2.73. The molecule has 1 heterocycles. The van der Waals surface area contributed by atoms with Crippen molar-refractivity contribution in [3.8, 4) is 0 Å². The number of benzene rings is 1. The number of rotatable bonds is 4. The van der Waals surface area contributed by atoms with E-state index in [2.05, 4.69) is 11.2 Å². The van der Waals surface area contributed by atoms with Crippen LogP contribution in [-0.4, -0.2) is 21.7 Å². The molecule has 2 rings (SSSR count). The predicted molar refractivity (Wildman–Crippen MR) is 101 cm³/mol. The fraction of sp³-hybridized carbons (Fsp3) is 0.368. The molecule has 0 aliphatic carbocycles. The molecule has 1 aromatic carbocycles. The van der Waals surface area contributed by atoms with Crippen LogP contribution in [0.1, 0.15) is 36.2 Å². The van der Waals surface area contributed by atoms with Crippen LogP contribution in [0.5, 0.6) is 0 Å². The van der Waals surface area contributed by atoms with Gasteiger partial charge in [0.1, 0.15) is 5.15 Å². The summed E-state index contributed by atoms with van der Waals surface area (Å²) in [6.07, 6.45) is 3.31. The highest BCUT2D eigenvalue weighted by atomic mass is 35.5. The Kier molecular flexibility index (Phi) is 5.50. The lowest BCUT2D eigenvalue weighted by atomic mass is 10.1. The highest BCUT2D eigenvalue weighted by Gasteiger charge is 2.19. The number of carbonyl (C=O) groups is 1. The Labute approximate surface area is 148 Å². The second-order valence-corrected chi connectivity index (χ2v) is 6.70. The summed E-state index contributed by atoms with van der Waals surface area (Å²) < 4.78 is 1.60. The molecule has 24 heavy (non-hydrogen) atoms. The number of carbonyl (C=O) groups excluding carboxylic acids is 1. The summed E-state index contributed by atoms with van der Waals surface area (Å²) in [5, 5.41) is 4.79. The molecule has 0 fully saturated rings. The van der Waals surface area contributed by atoms with E-state index in [-0.39, 0.29) is 11.9 Å². The smallest absolute Gasteiger partial charge is 0.251 e. The van der Waals surface area contributed by atoms with Crippen LogP contribution < -0.4 is 4.90 Å². The maximum atomic E-state index is 12.8. The molecular formula is C19H24ClN3O. The Morgan fingerprint density at radius 1 is 1.29 bits per heavy atom. The van der Waals surface area contributed by atoms with Crippen molar-refractivity contribution in [3.05, 3.63) is 51.8 Å². The van der Waals surface area contributed by atoms with Gasteiger partial charge in [-0.3, -0.25) is 9.48 Å². The quantitative estimate of drug-likeness (QED) is 0.767. The van der Waals surface area contributed by atoms with Crippen molar-refractivity contribution in [1.82, 2.24) is 9.78 Å². The Bertz CT molecular complexity index is 790. The molecule has 1 amide bonds. The Morgan fingerprint density at radius 2 is 1.96 bits per heavy atom.